The summed E-state index contributed by atoms with van der Waals surface area (Å²) < 4.78 is 38.0. The lowest BCUT2D eigenvalue weighted by Gasteiger charge is -2.24. The highest BCUT2D eigenvalue weighted by molar-refractivity contribution is 6.76. The minimum Gasteiger partial charge on any atom is -0.404 e. The number of para-hydroxylation sites is 1. The van der Waals surface area contributed by atoms with Crippen LogP contribution in [-0.2, 0) is 6.18 Å². The van der Waals surface area contributed by atoms with E-state index in [1.54, 1.807) is 24.3 Å². The molecule has 0 unspecified atom stereocenters. The Morgan fingerprint density at radius 2 is 1.76 bits per heavy atom. The van der Waals surface area contributed by atoms with Crippen LogP contribution in [0.2, 0.25) is 0 Å². The predicted molar refractivity (Wildman–Crippen MR) is 72.2 cm³/mol. The number of amides is 1. The average Bonchev–Trinajstić information content (AvgIpc) is 2.46. The number of alkyl halides is 3. The van der Waals surface area contributed by atoms with Crippen molar-refractivity contribution < 1.29 is 18.0 Å². The van der Waals surface area contributed by atoms with Gasteiger partial charge in [0.1, 0.15) is 5.69 Å². The second-order valence-corrected chi connectivity index (χ2v) is 4.54. The molecule has 0 saturated heterocycles. The van der Waals surface area contributed by atoms with Crippen LogP contribution >= 0.6 is 0 Å². The second kappa shape index (κ2) is 4.80. The van der Waals surface area contributed by atoms with Crippen LogP contribution in [0.15, 0.2) is 42.5 Å². The van der Waals surface area contributed by atoms with Crippen molar-refractivity contribution in [2.24, 2.45) is 0 Å². The van der Waals surface area contributed by atoms with Gasteiger partial charge in [-0.1, -0.05) is 18.2 Å². The van der Waals surface area contributed by atoms with E-state index in [1.807, 2.05) is 0 Å². The number of fused-ring (bicyclic) bond motifs is 1. The molecule has 0 radical (unpaired) electrons. The van der Waals surface area contributed by atoms with Crippen molar-refractivity contribution >= 4 is 24.2 Å². The van der Waals surface area contributed by atoms with Crippen LogP contribution in [0.4, 0.5) is 18.9 Å². The van der Waals surface area contributed by atoms with Crippen molar-refractivity contribution in [3.8, 4) is 0 Å². The van der Waals surface area contributed by atoms with Gasteiger partial charge in [-0.25, -0.2) is 0 Å². The number of halogens is 3. The average molecular weight is 291 g/mol. The predicted octanol–water partition coefficient (Wildman–Crippen LogP) is 1.65. The van der Waals surface area contributed by atoms with E-state index in [2.05, 4.69) is 15.4 Å². The van der Waals surface area contributed by atoms with Crippen LogP contribution in [-0.4, -0.2) is 17.9 Å². The fourth-order valence-electron chi connectivity index (χ4n) is 2.13. The zero-order valence-electron chi connectivity index (χ0n) is 10.6. The molecule has 2 aromatic rings. The standard InChI is InChI=1S/C13H9BF3N3O/c15-13(16,17)10-6-3-7-11(18-10)14-19-9-5-2-1-4-8(9)12(21)20-14/h1-7,19H,(H,20,21). The zero-order chi connectivity index (χ0) is 15.0. The number of aromatic nitrogens is 1. The minimum atomic E-state index is -4.52. The Kier molecular flexibility index (Phi) is 3.08. The molecule has 21 heavy (non-hydrogen) atoms. The van der Waals surface area contributed by atoms with Crippen molar-refractivity contribution in [3.05, 3.63) is 53.7 Å². The Morgan fingerprint density at radius 3 is 2.52 bits per heavy atom. The summed E-state index contributed by atoms with van der Waals surface area (Å²) in [4.78, 5) is 15.5. The fraction of sp³-hybridized carbons (Fsp3) is 0.0769. The van der Waals surface area contributed by atoms with E-state index in [1.165, 1.54) is 12.1 Å². The summed E-state index contributed by atoms with van der Waals surface area (Å²) in [5.41, 5.74) is 0.119. The quantitative estimate of drug-likeness (QED) is 0.786. The first-order valence-corrected chi connectivity index (χ1v) is 6.16. The van der Waals surface area contributed by atoms with E-state index in [9.17, 15) is 18.0 Å². The highest BCUT2D eigenvalue weighted by Crippen LogP contribution is 2.26. The van der Waals surface area contributed by atoms with E-state index >= 15 is 0 Å². The van der Waals surface area contributed by atoms with Gasteiger partial charge in [0, 0.05) is 5.69 Å². The van der Waals surface area contributed by atoms with Crippen molar-refractivity contribution in [1.82, 2.24) is 10.2 Å². The number of nitrogens with one attached hydrogen (secondary N) is 2. The van der Waals surface area contributed by atoms with Gasteiger partial charge < -0.3 is 10.5 Å². The molecule has 0 saturated carbocycles. The molecule has 0 fully saturated rings. The van der Waals surface area contributed by atoms with Crippen LogP contribution in [0.5, 0.6) is 0 Å². The third-order valence-electron chi connectivity index (χ3n) is 3.10. The van der Waals surface area contributed by atoms with Crippen molar-refractivity contribution in [1.29, 1.82) is 0 Å². The summed E-state index contributed by atoms with van der Waals surface area (Å²) in [5, 5.41) is 5.55. The fourth-order valence-corrected chi connectivity index (χ4v) is 2.13. The summed E-state index contributed by atoms with van der Waals surface area (Å²) in [5.74, 6) is -0.353. The maximum absolute atomic E-state index is 12.7. The van der Waals surface area contributed by atoms with E-state index in [4.69, 9.17) is 0 Å². The number of nitrogens with zero attached hydrogens (tertiary/aromatic N) is 1. The summed E-state index contributed by atoms with van der Waals surface area (Å²) in [6.45, 7) is -0.797. The smallest absolute Gasteiger partial charge is 0.404 e. The molecule has 2 N–H and O–H groups in total. The van der Waals surface area contributed by atoms with Crippen molar-refractivity contribution in [2.45, 2.75) is 6.18 Å². The van der Waals surface area contributed by atoms with E-state index in [0.717, 1.165) is 6.07 Å². The van der Waals surface area contributed by atoms with Crippen LogP contribution in [0.1, 0.15) is 16.1 Å². The monoisotopic (exact) mass is 291 g/mol. The Morgan fingerprint density at radius 1 is 1.00 bits per heavy atom. The molecule has 0 aliphatic carbocycles. The van der Waals surface area contributed by atoms with Crippen molar-refractivity contribution in [3.63, 3.8) is 0 Å². The first-order valence-electron chi connectivity index (χ1n) is 6.16. The van der Waals surface area contributed by atoms with Gasteiger partial charge in [-0.2, -0.15) is 13.2 Å². The van der Waals surface area contributed by atoms with Gasteiger partial charge in [0.05, 0.1) is 11.2 Å². The van der Waals surface area contributed by atoms with Gasteiger partial charge in [-0.15, -0.1) is 0 Å². The van der Waals surface area contributed by atoms with Crippen LogP contribution in [0.3, 0.4) is 0 Å². The number of carbonyl (C=O) groups is 1. The lowest BCUT2D eigenvalue weighted by Crippen LogP contribution is -2.58. The number of hydrogen-bond acceptors (Lipinski definition) is 3. The number of carbonyl (C=O) groups excluding carboxylic acids is 1. The molecule has 3 rings (SSSR count). The highest BCUT2D eigenvalue weighted by Gasteiger charge is 2.35. The Labute approximate surface area is 118 Å². The molecule has 1 aromatic carbocycles. The Hall–Kier alpha value is -2.51. The van der Waals surface area contributed by atoms with Crippen LogP contribution in [0.25, 0.3) is 0 Å². The molecule has 0 atom stereocenters. The second-order valence-electron chi connectivity index (χ2n) is 4.54. The third-order valence-corrected chi connectivity index (χ3v) is 3.10. The normalized spacial score (nSPS) is 14.2. The lowest BCUT2D eigenvalue weighted by molar-refractivity contribution is -0.141. The van der Waals surface area contributed by atoms with E-state index in [-0.39, 0.29) is 11.5 Å². The maximum Gasteiger partial charge on any atom is 0.433 e. The lowest BCUT2D eigenvalue weighted by atomic mass is 9.69. The molecule has 1 amide bonds. The third kappa shape index (κ3) is 2.56. The van der Waals surface area contributed by atoms with Gasteiger partial charge in [-0.3, -0.25) is 9.78 Å². The first kappa shape index (κ1) is 13.5. The van der Waals surface area contributed by atoms with Gasteiger partial charge in [-0.05, 0) is 24.3 Å². The van der Waals surface area contributed by atoms with E-state index < -0.39 is 18.9 Å². The van der Waals surface area contributed by atoms with Crippen molar-refractivity contribution in [2.75, 3.05) is 5.23 Å². The summed E-state index contributed by atoms with van der Waals surface area (Å²) in [6, 6.07) is 10.4. The topological polar surface area (TPSA) is 54.0 Å². The summed E-state index contributed by atoms with van der Waals surface area (Å²) >= 11 is 0. The molecule has 0 spiro atoms. The molecule has 106 valence electrons. The molecule has 0 bridgehead atoms. The number of pyridine rings is 1. The number of rotatable bonds is 1. The van der Waals surface area contributed by atoms with Gasteiger partial charge >= 0.3 is 13.2 Å². The van der Waals surface area contributed by atoms with Crippen LogP contribution in [0, 0.1) is 0 Å². The summed E-state index contributed by atoms with van der Waals surface area (Å²) in [7, 11) is 0. The van der Waals surface area contributed by atoms with Gasteiger partial charge in [0.25, 0.3) is 0 Å². The Bertz CT molecular complexity index is 705. The first-order chi connectivity index (χ1) is 9.95. The molecule has 1 aliphatic heterocycles. The van der Waals surface area contributed by atoms with Gasteiger partial charge in [0.2, 0.25) is 5.91 Å². The SMILES string of the molecule is O=C1NB(c2cccc(C(F)(F)F)n2)Nc2ccccc21. The largest absolute Gasteiger partial charge is 0.433 e. The molecule has 4 nitrogen and oxygen atoms in total. The molecular formula is C13H9BF3N3O. The highest BCUT2D eigenvalue weighted by atomic mass is 19.4. The number of benzene rings is 1. The molecule has 1 aromatic heterocycles. The maximum atomic E-state index is 12.7. The van der Waals surface area contributed by atoms with E-state index in [0.29, 0.717) is 11.3 Å². The van der Waals surface area contributed by atoms with Gasteiger partial charge in [0.15, 0.2) is 0 Å². The molecule has 2 heterocycles. The minimum absolute atomic E-state index is 0.104. The molecular weight excluding hydrogens is 282 g/mol. The van der Waals surface area contributed by atoms with Crippen LogP contribution < -0.4 is 16.0 Å². The molecule has 1 aliphatic rings. The molecule has 8 heteroatoms. The zero-order valence-corrected chi connectivity index (χ0v) is 10.6. The number of hydrogen-bond donors (Lipinski definition) is 2. The summed E-state index contributed by atoms with van der Waals surface area (Å²) in [6.07, 6.45) is -4.52. The Balaban J connectivity index is 1.95. The number of anilines is 1.